The molecule has 1 aromatic rings. The van der Waals surface area contributed by atoms with Crippen LogP contribution in [0.1, 0.15) is 10.4 Å². The van der Waals surface area contributed by atoms with Gasteiger partial charge in [-0.05, 0) is 71.1 Å². The predicted molar refractivity (Wildman–Crippen MR) is 105 cm³/mol. The van der Waals surface area contributed by atoms with Gasteiger partial charge in [-0.2, -0.15) is 0 Å². The third-order valence-corrected chi connectivity index (χ3v) is 4.99. The van der Waals surface area contributed by atoms with Crippen molar-refractivity contribution in [2.75, 3.05) is 0 Å². The largest absolute Gasteiger partial charge is 0.542 e. The van der Waals surface area contributed by atoms with Crippen molar-refractivity contribution in [3.05, 3.63) is 17.7 Å². The van der Waals surface area contributed by atoms with E-state index in [4.69, 9.17) is 13.3 Å². The Bertz CT molecular complexity index is 573. The lowest BCUT2D eigenvalue weighted by atomic mass is 10.2. The Morgan fingerprint density at radius 2 is 1.08 bits per heavy atom. The van der Waals surface area contributed by atoms with Gasteiger partial charge >= 0.3 is 5.97 Å². The summed E-state index contributed by atoms with van der Waals surface area (Å²) in [5.41, 5.74) is 0.152. The molecule has 0 saturated heterocycles. The second kappa shape index (κ2) is 6.93. The molecule has 0 amide bonds. The number of carboxylic acid groups (broad SMARTS) is 1. The highest BCUT2D eigenvalue weighted by Gasteiger charge is 2.29. The van der Waals surface area contributed by atoms with Gasteiger partial charge < -0.3 is 18.4 Å². The van der Waals surface area contributed by atoms with Crippen LogP contribution in [0.25, 0.3) is 0 Å². The number of carbonyl (C=O) groups is 1. The van der Waals surface area contributed by atoms with E-state index < -0.39 is 30.9 Å². The molecule has 0 heterocycles. The van der Waals surface area contributed by atoms with Gasteiger partial charge in [-0.3, -0.25) is 0 Å². The van der Waals surface area contributed by atoms with E-state index in [0.29, 0.717) is 17.2 Å². The Morgan fingerprint density at radius 1 is 0.750 bits per heavy atom. The van der Waals surface area contributed by atoms with Crippen molar-refractivity contribution < 1.29 is 23.2 Å². The zero-order chi connectivity index (χ0) is 18.9. The highest BCUT2D eigenvalue weighted by Crippen LogP contribution is 2.42. The van der Waals surface area contributed by atoms with Gasteiger partial charge in [0.15, 0.2) is 5.75 Å². The lowest BCUT2D eigenvalue weighted by molar-refractivity contribution is 0.0696. The van der Waals surface area contributed by atoms with E-state index in [1.54, 1.807) is 12.1 Å². The van der Waals surface area contributed by atoms with Crippen LogP contribution in [-0.4, -0.2) is 36.0 Å². The highest BCUT2D eigenvalue weighted by atomic mass is 28.4. The molecule has 0 unspecified atom stereocenters. The van der Waals surface area contributed by atoms with E-state index in [-0.39, 0.29) is 5.56 Å². The summed E-state index contributed by atoms with van der Waals surface area (Å²) >= 11 is 0. The first-order chi connectivity index (χ1) is 10.6. The number of aromatic carboxylic acids is 1. The normalized spacial score (nSPS) is 12.7. The molecule has 24 heavy (non-hydrogen) atoms. The Labute approximate surface area is 148 Å². The second-order valence-corrected chi connectivity index (χ2v) is 22.0. The van der Waals surface area contributed by atoms with Crippen molar-refractivity contribution in [2.24, 2.45) is 0 Å². The number of carboxylic acids is 1. The van der Waals surface area contributed by atoms with E-state index in [1.165, 1.54) is 0 Å². The number of hydrogen-bond donors (Lipinski definition) is 1. The van der Waals surface area contributed by atoms with E-state index in [9.17, 15) is 9.90 Å². The molecule has 1 N–H and O–H groups in total. The maximum Gasteiger partial charge on any atom is 0.335 e. The number of hydrogen-bond acceptors (Lipinski definition) is 4. The summed E-state index contributed by atoms with van der Waals surface area (Å²) in [5, 5.41) is 9.43. The van der Waals surface area contributed by atoms with Gasteiger partial charge in [0.05, 0.1) is 5.56 Å². The topological polar surface area (TPSA) is 65.0 Å². The van der Waals surface area contributed by atoms with E-state index in [2.05, 4.69) is 58.9 Å². The number of rotatable bonds is 7. The summed E-state index contributed by atoms with van der Waals surface area (Å²) in [7, 11) is -5.82. The molecule has 136 valence electrons. The summed E-state index contributed by atoms with van der Waals surface area (Å²) in [6, 6.07) is 3.10. The van der Waals surface area contributed by atoms with Crippen molar-refractivity contribution in [1.82, 2.24) is 0 Å². The monoisotopic (exact) mass is 386 g/mol. The maximum atomic E-state index is 11.5. The molecular formula is C16H30O5Si3. The molecule has 0 aromatic heterocycles. The Morgan fingerprint density at radius 3 is 1.33 bits per heavy atom. The van der Waals surface area contributed by atoms with Crippen LogP contribution in [0.3, 0.4) is 0 Å². The summed E-state index contributed by atoms with van der Waals surface area (Å²) in [4.78, 5) is 11.5. The Balaban J connectivity index is 3.58. The Hall–Kier alpha value is -1.26. The summed E-state index contributed by atoms with van der Waals surface area (Å²) in [6.45, 7) is 18.6. The minimum absolute atomic E-state index is 0.152. The van der Waals surface area contributed by atoms with E-state index in [0.717, 1.165) is 0 Å². The zero-order valence-electron chi connectivity index (χ0n) is 16.2. The lowest BCUT2D eigenvalue weighted by Crippen LogP contribution is -2.34. The van der Waals surface area contributed by atoms with Crippen molar-refractivity contribution >= 4 is 30.9 Å². The average Bonchev–Trinajstić information content (AvgIpc) is 2.27. The fraction of sp³-hybridized carbons (Fsp3) is 0.562. The van der Waals surface area contributed by atoms with Crippen LogP contribution in [0.5, 0.6) is 17.2 Å². The molecule has 1 aromatic carbocycles. The minimum Gasteiger partial charge on any atom is -0.542 e. The van der Waals surface area contributed by atoms with Crippen LogP contribution < -0.4 is 13.3 Å². The van der Waals surface area contributed by atoms with Crippen LogP contribution in [0.2, 0.25) is 58.9 Å². The molecule has 5 nitrogen and oxygen atoms in total. The SMILES string of the molecule is C[Si](C)(C)Oc1cc(C(=O)O)cc(O[Si](C)(C)C)c1O[Si](C)(C)C. The van der Waals surface area contributed by atoms with Gasteiger partial charge in [0, 0.05) is 0 Å². The third-order valence-electron chi connectivity index (χ3n) is 2.51. The van der Waals surface area contributed by atoms with Crippen molar-refractivity contribution in [3.63, 3.8) is 0 Å². The lowest BCUT2D eigenvalue weighted by Gasteiger charge is -2.30. The fourth-order valence-corrected chi connectivity index (χ4v) is 4.35. The first-order valence-electron chi connectivity index (χ1n) is 8.06. The first kappa shape index (κ1) is 20.8. The van der Waals surface area contributed by atoms with Gasteiger partial charge in [-0.1, -0.05) is 0 Å². The van der Waals surface area contributed by atoms with Crippen molar-refractivity contribution in [2.45, 2.75) is 58.9 Å². The molecule has 1 rings (SSSR count). The molecule has 0 aliphatic rings. The first-order valence-corrected chi connectivity index (χ1v) is 18.3. The summed E-state index contributed by atoms with van der Waals surface area (Å²) in [6.07, 6.45) is 0. The second-order valence-electron chi connectivity index (χ2n) is 8.75. The van der Waals surface area contributed by atoms with Crippen LogP contribution in [0, 0.1) is 0 Å². The zero-order valence-corrected chi connectivity index (χ0v) is 19.2. The average molecular weight is 387 g/mol. The molecule has 0 radical (unpaired) electrons. The molecule has 0 atom stereocenters. The van der Waals surface area contributed by atoms with Gasteiger partial charge in [0.1, 0.15) is 11.5 Å². The molecule has 0 aliphatic heterocycles. The van der Waals surface area contributed by atoms with Gasteiger partial charge in [-0.25, -0.2) is 4.79 Å². The molecule has 0 fully saturated rings. The van der Waals surface area contributed by atoms with E-state index in [1.807, 2.05) is 0 Å². The Kier molecular flexibility index (Phi) is 6.00. The van der Waals surface area contributed by atoms with Gasteiger partial charge in [0.25, 0.3) is 0 Å². The smallest absolute Gasteiger partial charge is 0.335 e. The standard InChI is InChI=1S/C16H30O5Si3/c1-22(2,3)19-13-10-12(16(17)18)11-14(20-23(4,5)6)15(13)21-24(7,8)9/h10-11H,1-9H3,(H,17,18). The molecule has 0 spiro atoms. The maximum absolute atomic E-state index is 11.5. The highest BCUT2D eigenvalue weighted by molar-refractivity contribution is 6.71. The van der Waals surface area contributed by atoms with Crippen LogP contribution in [0.15, 0.2) is 12.1 Å². The molecular weight excluding hydrogens is 356 g/mol. The van der Waals surface area contributed by atoms with E-state index >= 15 is 0 Å². The molecule has 0 aliphatic carbocycles. The predicted octanol–water partition coefficient (Wildman–Crippen LogP) is 5.03. The molecule has 0 saturated carbocycles. The fourth-order valence-electron chi connectivity index (χ4n) is 1.92. The third kappa shape index (κ3) is 7.10. The summed E-state index contributed by atoms with van der Waals surface area (Å²) < 4.78 is 18.5. The van der Waals surface area contributed by atoms with Crippen LogP contribution in [-0.2, 0) is 0 Å². The quantitative estimate of drug-likeness (QED) is 0.666. The molecule has 0 bridgehead atoms. The van der Waals surface area contributed by atoms with Gasteiger partial charge in [-0.15, -0.1) is 0 Å². The van der Waals surface area contributed by atoms with Crippen molar-refractivity contribution in [3.8, 4) is 17.2 Å². The van der Waals surface area contributed by atoms with Crippen LogP contribution in [0.4, 0.5) is 0 Å². The van der Waals surface area contributed by atoms with Crippen molar-refractivity contribution in [1.29, 1.82) is 0 Å². The summed E-state index contributed by atoms with van der Waals surface area (Å²) in [5.74, 6) is 0.494. The number of benzene rings is 1. The van der Waals surface area contributed by atoms with Gasteiger partial charge in [0.2, 0.25) is 25.0 Å². The minimum atomic E-state index is -1.95. The van der Waals surface area contributed by atoms with Crippen LogP contribution >= 0.6 is 0 Å². The molecule has 8 heteroatoms.